The minimum absolute atomic E-state index is 0.0643. The van der Waals surface area contributed by atoms with Crippen LogP contribution in [0.1, 0.15) is 28.9 Å². The summed E-state index contributed by atoms with van der Waals surface area (Å²) in [6, 6.07) is 3.11. The maximum Gasteiger partial charge on any atom is 0.249 e. The van der Waals surface area contributed by atoms with E-state index in [1.54, 1.807) is 0 Å². The zero-order chi connectivity index (χ0) is 14.6. The van der Waals surface area contributed by atoms with Crippen LogP contribution in [-0.2, 0) is 4.79 Å². The predicted octanol–water partition coefficient (Wildman–Crippen LogP) is 0.599. The Kier molecular flexibility index (Phi) is 5.46. The second-order valence-corrected chi connectivity index (χ2v) is 5.11. The van der Waals surface area contributed by atoms with Crippen molar-refractivity contribution < 1.29 is 24.2 Å². The Balaban J connectivity index is 2.97. The normalized spacial score (nSPS) is 13.9. The largest absolute Gasteiger partial charge is 0.389 e. The standard InChI is InChI=1S/C12H14FNO4S/c1-6(15)19-5-10(16)11(17)9-4-7(13)2-3-8(9)12(14)18/h2-4,10-11,16-17H,5H2,1H3,(H2,14,18). The zero-order valence-electron chi connectivity index (χ0n) is 10.2. The van der Waals surface area contributed by atoms with Crippen molar-refractivity contribution in [2.45, 2.75) is 19.1 Å². The maximum absolute atomic E-state index is 13.1. The van der Waals surface area contributed by atoms with E-state index in [9.17, 15) is 24.2 Å². The molecule has 0 heterocycles. The number of amides is 1. The van der Waals surface area contributed by atoms with Gasteiger partial charge >= 0.3 is 0 Å². The Hall–Kier alpha value is -1.44. The maximum atomic E-state index is 13.1. The first-order chi connectivity index (χ1) is 8.82. The fourth-order valence-corrected chi connectivity index (χ4v) is 2.09. The van der Waals surface area contributed by atoms with Gasteiger partial charge in [0.2, 0.25) is 5.91 Å². The summed E-state index contributed by atoms with van der Waals surface area (Å²) in [5.74, 6) is -1.56. The van der Waals surface area contributed by atoms with E-state index < -0.39 is 23.9 Å². The van der Waals surface area contributed by atoms with Crippen LogP contribution in [0.2, 0.25) is 0 Å². The van der Waals surface area contributed by atoms with Crippen LogP contribution in [0.3, 0.4) is 0 Å². The van der Waals surface area contributed by atoms with Gasteiger partial charge in [-0.1, -0.05) is 11.8 Å². The Bertz CT molecular complexity index is 495. The van der Waals surface area contributed by atoms with E-state index in [2.05, 4.69) is 0 Å². The van der Waals surface area contributed by atoms with E-state index in [1.165, 1.54) is 6.92 Å². The third kappa shape index (κ3) is 4.30. The number of rotatable bonds is 5. The van der Waals surface area contributed by atoms with E-state index in [1.807, 2.05) is 0 Å². The number of carbonyl (C=O) groups excluding carboxylic acids is 2. The highest BCUT2D eigenvalue weighted by molar-refractivity contribution is 8.13. The minimum Gasteiger partial charge on any atom is -0.389 e. The highest BCUT2D eigenvalue weighted by Crippen LogP contribution is 2.24. The van der Waals surface area contributed by atoms with Crippen molar-refractivity contribution in [3.8, 4) is 0 Å². The van der Waals surface area contributed by atoms with Gasteiger partial charge in [0.25, 0.3) is 0 Å². The summed E-state index contributed by atoms with van der Waals surface area (Å²) in [5.41, 5.74) is 4.95. The van der Waals surface area contributed by atoms with Crippen LogP contribution in [-0.4, -0.2) is 33.1 Å². The molecule has 1 amide bonds. The molecule has 104 valence electrons. The second-order valence-electron chi connectivity index (χ2n) is 3.91. The van der Waals surface area contributed by atoms with E-state index in [-0.39, 0.29) is 22.0 Å². The third-order valence-corrected chi connectivity index (χ3v) is 3.33. The fraction of sp³-hybridized carbons (Fsp3) is 0.333. The van der Waals surface area contributed by atoms with Crippen LogP contribution >= 0.6 is 11.8 Å². The van der Waals surface area contributed by atoms with Crippen molar-refractivity contribution in [2.75, 3.05) is 5.75 Å². The molecule has 1 aromatic rings. The number of benzene rings is 1. The van der Waals surface area contributed by atoms with Gasteiger partial charge in [-0.25, -0.2) is 4.39 Å². The van der Waals surface area contributed by atoms with Crippen molar-refractivity contribution in [2.24, 2.45) is 5.73 Å². The fourth-order valence-electron chi connectivity index (χ4n) is 1.50. The van der Waals surface area contributed by atoms with Gasteiger partial charge in [-0.15, -0.1) is 0 Å². The molecule has 0 saturated carbocycles. The van der Waals surface area contributed by atoms with Crippen LogP contribution in [0.5, 0.6) is 0 Å². The highest BCUT2D eigenvalue weighted by atomic mass is 32.2. The lowest BCUT2D eigenvalue weighted by Crippen LogP contribution is -2.25. The molecule has 1 aromatic carbocycles. The summed E-state index contributed by atoms with van der Waals surface area (Å²) in [6.07, 6.45) is -2.81. The van der Waals surface area contributed by atoms with Gasteiger partial charge < -0.3 is 15.9 Å². The van der Waals surface area contributed by atoms with Crippen LogP contribution in [0.15, 0.2) is 18.2 Å². The molecule has 1 rings (SSSR count). The smallest absolute Gasteiger partial charge is 0.249 e. The van der Waals surface area contributed by atoms with Crippen LogP contribution in [0.4, 0.5) is 4.39 Å². The molecule has 0 fully saturated rings. The first kappa shape index (κ1) is 15.6. The van der Waals surface area contributed by atoms with Gasteiger partial charge in [0.1, 0.15) is 11.9 Å². The molecule has 4 N–H and O–H groups in total. The summed E-state index contributed by atoms with van der Waals surface area (Å²) in [4.78, 5) is 21.9. The molecule has 0 aliphatic heterocycles. The molecule has 0 aliphatic carbocycles. The van der Waals surface area contributed by atoms with Crippen molar-refractivity contribution >= 4 is 22.8 Å². The highest BCUT2D eigenvalue weighted by Gasteiger charge is 2.24. The van der Waals surface area contributed by atoms with Gasteiger partial charge in [-0.3, -0.25) is 9.59 Å². The molecule has 0 aromatic heterocycles. The first-order valence-corrected chi connectivity index (χ1v) is 6.40. The molecular formula is C12H14FNO4S. The Labute approximate surface area is 113 Å². The average molecular weight is 287 g/mol. The first-order valence-electron chi connectivity index (χ1n) is 5.41. The number of carbonyl (C=O) groups is 2. The molecule has 0 radical (unpaired) electrons. The average Bonchev–Trinajstić information content (AvgIpc) is 2.34. The van der Waals surface area contributed by atoms with Crippen molar-refractivity contribution in [3.05, 3.63) is 35.1 Å². The number of aliphatic hydroxyl groups excluding tert-OH is 2. The molecule has 0 aliphatic rings. The van der Waals surface area contributed by atoms with E-state index in [0.29, 0.717) is 0 Å². The van der Waals surface area contributed by atoms with Gasteiger partial charge in [0, 0.05) is 18.2 Å². The topological polar surface area (TPSA) is 101 Å². The monoisotopic (exact) mass is 287 g/mol. The Morgan fingerprint density at radius 2 is 2.05 bits per heavy atom. The number of primary amides is 1. The SMILES string of the molecule is CC(=O)SCC(O)C(O)c1cc(F)ccc1C(N)=O. The second kappa shape index (κ2) is 6.65. The molecular weight excluding hydrogens is 273 g/mol. The Morgan fingerprint density at radius 3 is 2.58 bits per heavy atom. The quantitative estimate of drug-likeness (QED) is 0.736. The van der Waals surface area contributed by atoms with Crippen molar-refractivity contribution in [1.29, 1.82) is 0 Å². The van der Waals surface area contributed by atoms with Crippen molar-refractivity contribution in [1.82, 2.24) is 0 Å². The lowest BCUT2D eigenvalue weighted by atomic mass is 9.98. The molecule has 19 heavy (non-hydrogen) atoms. The summed E-state index contributed by atoms with van der Waals surface area (Å²) in [5, 5.41) is 19.4. The molecule has 5 nitrogen and oxygen atoms in total. The van der Waals surface area contributed by atoms with Gasteiger partial charge in [-0.2, -0.15) is 0 Å². The molecule has 2 unspecified atom stereocenters. The number of hydrogen-bond donors (Lipinski definition) is 3. The number of nitrogens with two attached hydrogens (primary N) is 1. The zero-order valence-corrected chi connectivity index (χ0v) is 11.0. The molecule has 7 heteroatoms. The minimum atomic E-state index is -1.50. The van der Waals surface area contributed by atoms with E-state index in [0.717, 1.165) is 30.0 Å². The molecule has 0 spiro atoms. The Morgan fingerprint density at radius 1 is 1.42 bits per heavy atom. The number of thioether (sulfide) groups is 1. The van der Waals surface area contributed by atoms with E-state index >= 15 is 0 Å². The van der Waals surface area contributed by atoms with Crippen LogP contribution < -0.4 is 5.73 Å². The van der Waals surface area contributed by atoms with Gasteiger partial charge in [0.05, 0.1) is 6.10 Å². The van der Waals surface area contributed by atoms with Gasteiger partial charge in [0.15, 0.2) is 5.12 Å². The van der Waals surface area contributed by atoms with Crippen LogP contribution in [0.25, 0.3) is 0 Å². The summed E-state index contributed by atoms with van der Waals surface area (Å²) in [7, 11) is 0. The summed E-state index contributed by atoms with van der Waals surface area (Å²) >= 11 is 0.822. The number of halogens is 1. The summed E-state index contributed by atoms with van der Waals surface area (Å²) < 4.78 is 13.1. The lowest BCUT2D eigenvalue weighted by Gasteiger charge is -2.19. The predicted molar refractivity (Wildman–Crippen MR) is 69.0 cm³/mol. The van der Waals surface area contributed by atoms with Gasteiger partial charge in [-0.05, 0) is 23.8 Å². The molecule has 0 bridgehead atoms. The molecule has 2 atom stereocenters. The number of hydrogen-bond acceptors (Lipinski definition) is 5. The van der Waals surface area contributed by atoms with Crippen LogP contribution in [0, 0.1) is 5.82 Å². The molecule has 0 saturated heterocycles. The summed E-state index contributed by atoms with van der Waals surface area (Å²) in [6.45, 7) is 1.32. The van der Waals surface area contributed by atoms with Crippen molar-refractivity contribution in [3.63, 3.8) is 0 Å². The lowest BCUT2D eigenvalue weighted by molar-refractivity contribution is -0.109. The third-order valence-electron chi connectivity index (χ3n) is 2.42. The van der Waals surface area contributed by atoms with E-state index in [4.69, 9.17) is 5.73 Å². The number of aliphatic hydroxyl groups is 2.